The van der Waals surface area contributed by atoms with Crippen LogP contribution in [0.1, 0.15) is 41.4 Å². The normalized spacial score (nSPS) is 19.8. The maximum atomic E-state index is 13.9. The number of halogens is 1. The summed E-state index contributed by atoms with van der Waals surface area (Å²) in [5.41, 5.74) is 3.27. The molecule has 4 nitrogen and oxygen atoms in total. The molecule has 3 aromatic carbocycles. The first-order valence-electron chi connectivity index (χ1n) is 12.2. The van der Waals surface area contributed by atoms with E-state index in [1.807, 2.05) is 42.5 Å². The summed E-state index contributed by atoms with van der Waals surface area (Å²) in [5.74, 6) is -0.518. The van der Waals surface area contributed by atoms with E-state index >= 15 is 0 Å². The molecule has 1 amide bonds. The van der Waals surface area contributed by atoms with Crippen LogP contribution in [0.5, 0.6) is 0 Å². The molecule has 0 aliphatic carbocycles. The summed E-state index contributed by atoms with van der Waals surface area (Å²) in [6.45, 7) is 11.1. The van der Waals surface area contributed by atoms with E-state index in [0.717, 1.165) is 30.8 Å². The summed E-state index contributed by atoms with van der Waals surface area (Å²) in [5, 5.41) is 0. The first-order valence-corrected chi connectivity index (χ1v) is 12.2. The Hall–Kier alpha value is -3.28. The van der Waals surface area contributed by atoms with E-state index in [1.165, 1.54) is 17.0 Å². The number of nitrogens with zero attached hydrogens (tertiary/aromatic N) is 3. The third-order valence-corrected chi connectivity index (χ3v) is 6.96. The average Bonchev–Trinajstić information content (AvgIpc) is 2.87. The molecule has 1 heterocycles. The predicted molar refractivity (Wildman–Crippen MR) is 141 cm³/mol. The second-order valence-corrected chi connectivity index (χ2v) is 9.38. The minimum Gasteiger partial charge on any atom is -0.311 e. The fraction of sp³-hybridized carbons (Fsp3) is 0.300. The number of rotatable bonds is 7. The molecule has 1 fully saturated rings. The molecule has 0 spiro atoms. The van der Waals surface area contributed by atoms with Gasteiger partial charge in [0.2, 0.25) is 0 Å². The van der Waals surface area contributed by atoms with E-state index in [4.69, 9.17) is 0 Å². The van der Waals surface area contributed by atoms with Crippen molar-refractivity contribution in [1.29, 1.82) is 0 Å². The lowest BCUT2D eigenvalue weighted by atomic mass is 9.90. The van der Waals surface area contributed by atoms with Gasteiger partial charge in [-0.3, -0.25) is 14.6 Å². The van der Waals surface area contributed by atoms with Crippen molar-refractivity contribution < 1.29 is 9.18 Å². The molecule has 4 rings (SSSR count). The molecular weight excluding hydrogens is 437 g/mol. The van der Waals surface area contributed by atoms with Crippen LogP contribution >= 0.6 is 0 Å². The van der Waals surface area contributed by atoms with E-state index < -0.39 is 0 Å². The van der Waals surface area contributed by atoms with Crippen molar-refractivity contribution in [3.05, 3.63) is 114 Å². The Kier molecular flexibility index (Phi) is 7.79. The third-order valence-electron chi connectivity index (χ3n) is 6.96. The van der Waals surface area contributed by atoms with E-state index in [1.54, 1.807) is 19.2 Å². The number of carbonyl (C=O) groups is 1. The van der Waals surface area contributed by atoms with Crippen LogP contribution in [0.25, 0.3) is 0 Å². The summed E-state index contributed by atoms with van der Waals surface area (Å²) in [6, 6.07) is 24.9. The van der Waals surface area contributed by atoms with Gasteiger partial charge in [-0.05, 0) is 49.2 Å². The summed E-state index contributed by atoms with van der Waals surface area (Å²) in [6.07, 6.45) is 1.96. The second kappa shape index (κ2) is 11.0. The SMILES string of the molecule is C=CCN1C[C@@H](C)N([C@@H](c2ccccc2)c2ccccc2C(=O)N(C)c2cccc(F)c2)C[C@@H]1C. The van der Waals surface area contributed by atoms with Crippen LogP contribution in [-0.4, -0.2) is 54.5 Å². The first kappa shape index (κ1) is 24.8. The number of amides is 1. The lowest BCUT2D eigenvalue weighted by Crippen LogP contribution is -2.57. The fourth-order valence-electron chi connectivity index (χ4n) is 5.10. The van der Waals surface area contributed by atoms with Gasteiger partial charge in [0.1, 0.15) is 5.82 Å². The zero-order valence-corrected chi connectivity index (χ0v) is 20.8. The van der Waals surface area contributed by atoms with Crippen LogP contribution in [0.2, 0.25) is 0 Å². The maximum Gasteiger partial charge on any atom is 0.258 e. The molecule has 0 N–H and O–H groups in total. The molecule has 182 valence electrons. The molecular formula is C30H34FN3O. The van der Waals surface area contributed by atoms with Crippen molar-refractivity contribution in [2.45, 2.75) is 32.0 Å². The summed E-state index contributed by atoms with van der Waals surface area (Å²) >= 11 is 0. The molecule has 1 aliphatic heterocycles. The number of hydrogen-bond donors (Lipinski definition) is 0. The standard InChI is InChI=1S/C30H34FN3O/c1-5-18-33-20-23(3)34(21-22(33)2)29(24-12-7-6-8-13-24)27-16-9-10-17-28(27)30(35)32(4)26-15-11-14-25(31)19-26/h5-17,19,22-23,29H,1,18,20-21H2,2-4H3/t22-,23+,29-/m0/s1. The quantitative estimate of drug-likeness (QED) is 0.409. The molecule has 0 unspecified atom stereocenters. The molecule has 35 heavy (non-hydrogen) atoms. The van der Waals surface area contributed by atoms with Gasteiger partial charge in [-0.2, -0.15) is 0 Å². The number of hydrogen-bond acceptors (Lipinski definition) is 3. The Labute approximate surface area is 208 Å². The largest absolute Gasteiger partial charge is 0.311 e. The van der Waals surface area contributed by atoms with Crippen LogP contribution < -0.4 is 4.90 Å². The zero-order chi connectivity index (χ0) is 24.9. The molecule has 0 radical (unpaired) electrons. The maximum absolute atomic E-state index is 13.9. The van der Waals surface area contributed by atoms with Gasteiger partial charge in [0.15, 0.2) is 0 Å². The monoisotopic (exact) mass is 471 g/mol. The van der Waals surface area contributed by atoms with Crippen LogP contribution in [0.4, 0.5) is 10.1 Å². The van der Waals surface area contributed by atoms with Gasteiger partial charge in [-0.15, -0.1) is 6.58 Å². The van der Waals surface area contributed by atoms with Gasteiger partial charge < -0.3 is 4.90 Å². The lowest BCUT2D eigenvalue weighted by Gasteiger charge is -2.47. The third kappa shape index (κ3) is 5.37. The van der Waals surface area contributed by atoms with Crippen molar-refractivity contribution >= 4 is 11.6 Å². The molecule has 3 aromatic rings. The van der Waals surface area contributed by atoms with Crippen molar-refractivity contribution in [3.8, 4) is 0 Å². The van der Waals surface area contributed by atoms with Crippen molar-refractivity contribution in [3.63, 3.8) is 0 Å². The minimum atomic E-state index is -0.363. The summed E-state index contributed by atoms with van der Waals surface area (Å²) in [4.78, 5) is 20.2. The van der Waals surface area contributed by atoms with E-state index in [2.05, 4.69) is 48.4 Å². The highest BCUT2D eigenvalue weighted by Gasteiger charge is 2.36. The van der Waals surface area contributed by atoms with Crippen LogP contribution in [0.15, 0.2) is 91.5 Å². The number of carbonyl (C=O) groups excluding carboxylic acids is 1. The first-order chi connectivity index (χ1) is 16.9. The number of anilines is 1. The number of piperazine rings is 1. The molecule has 5 heteroatoms. The molecule has 3 atom stereocenters. The minimum absolute atomic E-state index is 0.0828. The molecule has 1 saturated heterocycles. The van der Waals surface area contributed by atoms with Crippen molar-refractivity contribution in [2.75, 3.05) is 31.6 Å². The lowest BCUT2D eigenvalue weighted by molar-refractivity contribution is 0.0304. The Morgan fingerprint density at radius 1 is 1.03 bits per heavy atom. The van der Waals surface area contributed by atoms with Gasteiger partial charge in [0, 0.05) is 50.0 Å². The Morgan fingerprint density at radius 2 is 1.74 bits per heavy atom. The highest BCUT2D eigenvalue weighted by atomic mass is 19.1. The summed E-state index contributed by atoms with van der Waals surface area (Å²) in [7, 11) is 1.70. The number of benzene rings is 3. The average molecular weight is 472 g/mol. The van der Waals surface area contributed by atoms with Crippen LogP contribution in [0, 0.1) is 5.82 Å². The predicted octanol–water partition coefficient (Wildman–Crippen LogP) is 5.77. The zero-order valence-electron chi connectivity index (χ0n) is 20.8. The smallest absolute Gasteiger partial charge is 0.258 e. The van der Waals surface area contributed by atoms with Gasteiger partial charge >= 0.3 is 0 Å². The van der Waals surface area contributed by atoms with Gasteiger partial charge in [0.25, 0.3) is 5.91 Å². The Morgan fingerprint density at radius 3 is 2.46 bits per heavy atom. The highest BCUT2D eigenvalue weighted by Crippen LogP contribution is 2.35. The highest BCUT2D eigenvalue weighted by molar-refractivity contribution is 6.06. The van der Waals surface area contributed by atoms with Crippen LogP contribution in [0.3, 0.4) is 0 Å². The van der Waals surface area contributed by atoms with Crippen molar-refractivity contribution in [1.82, 2.24) is 9.80 Å². The van der Waals surface area contributed by atoms with Crippen LogP contribution in [-0.2, 0) is 0 Å². The van der Waals surface area contributed by atoms with E-state index in [-0.39, 0.29) is 23.8 Å². The second-order valence-electron chi connectivity index (χ2n) is 9.38. The Bertz CT molecular complexity index is 1170. The van der Waals surface area contributed by atoms with Crippen molar-refractivity contribution in [2.24, 2.45) is 0 Å². The van der Waals surface area contributed by atoms with E-state index in [0.29, 0.717) is 17.3 Å². The topological polar surface area (TPSA) is 26.8 Å². The fourth-order valence-corrected chi connectivity index (χ4v) is 5.10. The van der Waals surface area contributed by atoms with Gasteiger partial charge in [0.05, 0.1) is 6.04 Å². The molecule has 1 aliphatic rings. The molecule has 0 saturated carbocycles. The molecule has 0 bridgehead atoms. The van der Waals surface area contributed by atoms with Gasteiger partial charge in [-0.25, -0.2) is 4.39 Å². The Balaban J connectivity index is 1.76. The van der Waals surface area contributed by atoms with Gasteiger partial charge in [-0.1, -0.05) is 60.7 Å². The molecule has 0 aromatic heterocycles. The van der Waals surface area contributed by atoms with E-state index in [9.17, 15) is 9.18 Å². The summed E-state index contributed by atoms with van der Waals surface area (Å²) < 4.78 is 13.9.